The van der Waals surface area contributed by atoms with Gasteiger partial charge in [-0.05, 0) is 35.4 Å². The molecule has 1 fully saturated rings. The topological polar surface area (TPSA) is 98.0 Å². The Balaban J connectivity index is 1.25. The molecule has 3 aliphatic rings. The van der Waals surface area contributed by atoms with Crippen LogP contribution in [0.4, 0.5) is 5.69 Å². The molecule has 0 radical (unpaired) electrons. The molecule has 0 unspecified atom stereocenters. The molecule has 3 amide bonds. The molecular weight excluding hydrogens is 492 g/mol. The highest BCUT2D eigenvalue weighted by atomic mass is 35.5. The quantitative estimate of drug-likeness (QED) is 0.482. The molecule has 0 spiro atoms. The fourth-order valence-corrected chi connectivity index (χ4v) is 5.02. The summed E-state index contributed by atoms with van der Waals surface area (Å²) < 4.78 is 0. The fourth-order valence-electron chi connectivity index (χ4n) is 4.89. The second-order valence-corrected chi connectivity index (χ2v) is 9.40. The number of fused-ring (bicyclic) bond motifs is 1. The molecule has 9 nitrogen and oxygen atoms in total. The number of halogens is 1. The highest BCUT2D eigenvalue weighted by Crippen LogP contribution is 2.35. The van der Waals surface area contributed by atoms with Crippen molar-refractivity contribution in [1.29, 1.82) is 0 Å². The molecule has 3 heterocycles. The van der Waals surface area contributed by atoms with Gasteiger partial charge in [-0.15, -0.1) is 0 Å². The normalized spacial score (nSPS) is 22.6. The highest BCUT2D eigenvalue weighted by molar-refractivity contribution is 6.31. The summed E-state index contributed by atoms with van der Waals surface area (Å²) in [5.41, 5.74) is 3.09. The molecule has 3 aromatic carbocycles. The molecule has 0 aromatic heterocycles. The maximum Gasteiger partial charge on any atom is 0.264 e. The standard InChI is InChI=1S/C27H21ClN6O3/c28-19-11-13-20(14-12-19)33-26(36)24-25(27(33)37)32(31-29-24)16-23(35)34-22(18-9-5-2-6-10-18)15-21(30-34)17-7-3-1-4-8-17/h1-14,22,24-25H,15-16H2/t22-,24+,25+/m1/s1. The molecule has 3 aliphatic heterocycles. The summed E-state index contributed by atoms with van der Waals surface area (Å²) in [6.07, 6.45) is 0.551. The molecule has 6 rings (SSSR count). The molecule has 37 heavy (non-hydrogen) atoms. The van der Waals surface area contributed by atoms with Crippen molar-refractivity contribution in [2.75, 3.05) is 11.4 Å². The Morgan fingerprint density at radius 1 is 0.892 bits per heavy atom. The van der Waals surface area contributed by atoms with E-state index < -0.39 is 23.9 Å². The predicted octanol–water partition coefficient (Wildman–Crippen LogP) is 4.01. The largest absolute Gasteiger partial charge is 0.271 e. The number of anilines is 1. The van der Waals surface area contributed by atoms with Crippen LogP contribution in [-0.4, -0.2) is 52.1 Å². The second-order valence-electron chi connectivity index (χ2n) is 8.96. The van der Waals surface area contributed by atoms with E-state index in [0.29, 0.717) is 17.1 Å². The number of amides is 3. The molecular formula is C27H21ClN6O3. The van der Waals surface area contributed by atoms with E-state index in [2.05, 4.69) is 15.4 Å². The Bertz CT molecular complexity index is 1430. The molecule has 0 aliphatic carbocycles. The summed E-state index contributed by atoms with van der Waals surface area (Å²) in [5.74, 6) is -1.31. The van der Waals surface area contributed by atoms with Gasteiger partial charge in [0, 0.05) is 11.4 Å². The van der Waals surface area contributed by atoms with Crippen LogP contribution < -0.4 is 4.90 Å². The van der Waals surface area contributed by atoms with Crippen molar-refractivity contribution in [1.82, 2.24) is 10.0 Å². The lowest BCUT2D eigenvalue weighted by Crippen LogP contribution is -2.44. The zero-order chi connectivity index (χ0) is 25.5. The van der Waals surface area contributed by atoms with Gasteiger partial charge in [0.15, 0.2) is 12.1 Å². The summed E-state index contributed by atoms with van der Waals surface area (Å²) in [4.78, 5) is 40.9. The lowest BCUT2D eigenvalue weighted by atomic mass is 9.98. The minimum atomic E-state index is -0.997. The summed E-state index contributed by atoms with van der Waals surface area (Å²) in [6, 6.07) is 23.5. The smallest absolute Gasteiger partial charge is 0.264 e. The first-order valence-electron chi connectivity index (χ1n) is 11.8. The Labute approximate surface area is 217 Å². The van der Waals surface area contributed by atoms with Crippen LogP contribution >= 0.6 is 11.6 Å². The van der Waals surface area contributed by atoms with Crippen LogP contribution in [0.2, 0.25) is 5.02 Å². The van der Waals surface area contributed by atoms with Gasteiger partial charge in [0.1, 0.15) is 6.54 Å². The summed E-state index contributed by atoms with van der Waals surface area (Å²) in [6.45, 7) is -0.243. The number of hydrogen-bond donors (Lipinski definition) is 0. The van der Waals surface area contributed by atoms with Gasteiger partial charge in [-0.1, -0.05) is 77.5 Å². The first-order valence-corrected chi connectivity index (χ1v) is 12.2. The van der Waals surface area contributed by atoms with Crippen molar-refractivity contribution in [2.24, 2.45) is 15.4 Å². The van der Waals surface area contributed by atoms with Crippen LogP contribution in [0.3, 0.4) is 0 Å². The molecule has 0 bridgehead atoms. The monoisotopic (exact) mass is 512 g/mol. The van der Waals surface area contributed by atoms with Crippen molar-refractivity contribution >= 4 is 40.7 Å². The maximum atomic E-state index is 13.6. The number of imide groups is 1. The number of rotatable bonds is 5. The molecule has 184 valence electrons. The predicted molar refractivity (Wildman–Crippen MR) is 137 cm³/mol. The van der Waals surface area contributed by atoms with E-state index >= 15 is 0 Å². The summed E-state index contributed by atoms with van der Waals surface area (Å²) in [7, 11) is 0. The SMILES string of the molecule is O=C1[C@H]2N=NN(CC(=O)N3N=C(c4ccccc4)C[C@@H]3c3ccccc3)[C@@H]2C(=O)N1c1ccc(Cl)cc1. The molecule has 1 saturated heterocycles. The van der Waals surface area contributed by atoms with E-state index in [0.717, 1.165) is 21.7 Å². The highest BCUT2D eigenvalue weighted by Gasteiger charge is 2.55. The number of carbonyl (C=O) groups is 3. The van der Waals surface area contributed by atoms with E-state index in [4.69, 9.17) is 11.6 Å². The zero-order valence-electron chi connectivity index (χ0n) is 19.5. The Morgan fingerprint density at radius 3 is 2.27 bits per heavy atom. The van der Waals surface area contributed by atoms with Gasteiger partial charge in [-0.2, -0.15) is 10.2 Å². The number of carbonyl (C=O) groups excluding carboxylic acids is 3. The third-order valence-corrected chi connectivity index (χ3v) is 6.95. The van der Waals surface area contributed by atoms with Crippen LogP contribution in [0.25, 0.3) is 0 Å². The zero-order valence-corrected chi connectivity index (χ0v) is 20.3. The van der Waals surface area contributed by atoms with Crippen LogP contribution in [0, 0.1) is 0 Å². The van der Waals surface area contributed by atoms with Gasteiger partial charge in [-0.25, -0.2) is 9.91 Å². The summed E-state index contributed by atoms with van der Waals surface area (Å²) >= 11 is 5.95. The maximum absolute atomic E-state index is 13.6. The van der Waals surface area contributed by atoms with E-state index in [1.54, 1.807) is 24.3 Å². The van der Waals surface area contributed by atoms with E-state index in [1.165, 1.54) is 10.0 Å². The molecule has 3 atom stereocenters. The van der Waals surface area contributed by atoms with Crippen LogP contribution in [0.15, 0.2) is 100 Å². The number of nitrogens with zero attached hydrogens (tertiary/aromatic N) is 6. The van der Waals surface area contributed by atoms with Crippen LogP contribution in [0.5, 0.6) is 0 Å². The molecule has 10 heteroatoms. The molecule has 3 aromatic rings. The molecule has 0 saturated carbocycles. The van der Waals surface area contributed by atoms with Gasteiger partial charge in [-0.3, -0.25) is 19.4 Å². The van der Waals surface area contributed by atoms with Crippen LogP contribution in [-0.2, 0) is 14.4 Å². The van der Waals surface area contributed by atoms with Gasteiger partial charge >= 0.3 is 0 Å². The Kier molecular flexibility index (Phi) is 5.77. The fraction of sp³-hybridized carbons (Fsp3) is 0.185. The minimum Gasteiger partial charge on any atom is -0.271 e. The van der Waals surface area contributed by atoms with Crippen molar-refractivity contribution < 1.29 is 14.4 Å². The van der Waals surface area contributed by atoms with Crippen molar-refractivity contribution in [3.63, 3.8) is 0 Å². The molecule has 0 N–H and O–H groups in total. The van der Waals surface area contributed by atoms with Gasteiger partial charge < -0.3 is 0 Å². The van der Waals surface area contributed by atoms with E-state index in [-0.39, 0.29) is 18.5 Å². The third-order valence-electron chi connectivity index (χ3n) is 6.70. The van der Waals surface area contributed by atoms with Gasteiger partial charge in [0.05, 0.1) is 17.4 Å². The van der Waals surface area contributed by atoms with Crippen molar-refractivity contribution in [3.05, 3.63) is 101 Å². The minimum absolute atomic E-state index is 0.243. The van der Waals surface area contributed by atoms with Crippen molar-refractivity contribution in [3.8, 4) is 0 Å². The van der Waals surface area contributed by atoms with Gasteiger partial charge in [0.25, 0.3) is 17.7 Å². The van der Waals surface area contributed by atoms with Crippen LogP contribution in [0.1, 0.15) is 23.6 Å². The van der Waals surface area contributed by atoms with E-state index in [1.807, 2.05) is 60.7 Å². The van der Waals surface area contributed by atoms with E-state index in [9.17, 15) is 14.4 Å². The number of benzene rings is 3. The lowest BCUT2D eigenvalue weighted by Gasteiger charge is -2.25. The summed E-state index contributed by atoms with van der Waals surface area (Å²) in [5, 5.41) is 16.0. The first kappa shape index (κ1) is 23.1. The lowest BCUT2D eigenvalue weighted by molar-refractivity contribution is -0.135. The Hall–Kier alpha value is -4.37. The second kappa shape index (κ2) is 9.25. The average molecular weight is 513 g/mol. The van der Waals surface area contributed by atoms with Gasteiger partial charge in [0.2, 0.25) is 0 Å². The van der Waals surface area contributed by atoms with Crippen molar-refractivity contribution in [2.45, 2.75) is 24.5 Å². The average Bonchev–Trinajstić information content (AvgIpc) is 3.61. The number of hydrogen-bond acceptors (Lipinski definition) is 7. The third kappa shape index (κ3) is 4.07. The first-order chi connectivity index (χ1) is 18.0. The number of hydrazone groups is 1. The Morgan fingerprint density at radius 2 is 1.57 bits per heavy atom.